The Bertz CT molecular complexity index is 2670. The van der Waals surface area contributed by atoms with Crippen molar-refractivity contribution in [3.63, 3.8) is 0 Å². The van der Waals surface area contributed by atoms with E-state index in [4.69, 9.17) is 45.3 Å². The van der Waals surface area contributed by atoms with Crippen LogP contribution in [-0.2, 0) is 75.5 Å². The Balaban J connectivity index is 0.935. The van der Waals surface area contributed by atoms with Gasteiger partial charge in [0.2, 0.25) is 0 Å². The van der Waals surface area contributed by atoms with Gasteiger partial charge in [0.15, 0.2) is 0 Å². The Morgan fingerprint density at radius 2 is 1.35 bits per heavy atom. The Morgan fingerprint density at radius 3 is 1.98 bits per heavy atom. The minimum atomic E-state index is -0.590. The summed E-state index contributed by atoms with van der Waals surface area (Å²) in [4.78, 5) is 15.0. The number of fused-ring (bicyclic) bond motifs is 3. The van der Waals surface area contributed by atoms with Gasteiger partial charge in [-0.15, -0.1) is 23.5 Å². The highest BCUT2D eigenvalue weighted by Gasteiger charge is 2.38. The van der Waals surface area contributed by atoms with Crippen LogP contribution in [0.4, 0.5) is 11.6 Å². The lowest BCUT2D eigenvalue weighted by atomic mass is 9.84. The molecule has 12 nitrogen and oxygen atoms in total. The van der Waals surface area contributed by atoms with Gasteiger partial charge in [-0.25, -0.2) is 9.97 Å². The van der Waals surface area contributed by atoms with Crippen LogP contribution in [-0.4, -0.2) is 104 Å². The molecule has 0 saturated carbocycles. The fraction of sp³-hybridized carbons (Fsp3) is 0.490. The molecule has 1 atom stereocenters. The molecule has 9 rings (SSSR count). The van der Waals surface area contributed by atoms with Crippen molar-refractivity contribution in [3.05, 3.63) is 104 Å². The zero-order valence-electron chi connectivity index (χ0n) is 38.4. The minimum absolute atomic E-state index is 0.362. The van der Waals surface area contributed by atoms with Crippen molar-refractivity contribution in [2.45, 2.75) is 93.9 Å². The second-order valence-corrected chi connectivity index (χ2v) is 21.0. The molecule has 2 aromatic carbocycles. The first-order valence-corrected chi connectivity index (χ1v) is 25.3. The summed E-state index contributed by atoms with van der Waals surface area (Å²) in [6, 6.07) is 19.9. The topological polar surface area (TPSA) is 131 Å². The molecule has 3 aromatic heterocycles. The lowest BCUT2D eigenvalue weighted by Gasteiger charge is -2.39. The van der Waals surface area contributed by atoms with E-state index >= 15 is 0 Å². The zero-order chi connectivity index (χ0) is 45.8. The summed E-state index contributed by atoms with van der Waals surface area (Å²) in [6.07, 6.45) is 5.67. The Morgan fingerprint density at radius 1 is 0.758 bits per heavy atom. The van der Waals surface area contributed by atoms with Crippen LogP contribution < -0.4 is 9.80 Å². The molecule has 0 bridgehead atoms. The normalized spacial score (nSPS) is 19.3. The Kier molecular flexibility index (Phi) is 14.5. The number of hydrogen-bond acceptors (Lipinski definition) is 13. The van der Waals surface area contributed by atoms with Gasteiger partial charge in [0, 0.05) is 104 Å². The predicted octanol–water partition coefficient (Wildman–Crippen LogP) is 8.74. The number of nitriles is 2. The van der Waals surface area contributed by atoms with Gasteiger partial charge >= 0.3 is 0 Å². The molecule has 0 N–H and O–H groups in total. The Labute approximate surface area is 401 Å². The standard InChI is InChI=1S/C51H58ClN7O5S2/c1-50(2)27-39-41(29-53)48(55-46(43(39)32-63-50)57-12-17-61-18-13-57)65-21-9-34-23-35(25-37(52)24-34)26-51(3)28-40-42(30-54)49(56-47(44(40)33-64-51)58-14-19-62-20-15-58)66-22-10-36-31-59(11-16-60-4)45-8-6-5-7-38(36)45/h5-8,23-25,31H,9-22,26-28,32-33H2,1-4H3. The van der Waals surface area contributed by atoms with Crippen molar-refractivity contribution in [1.82, 2.24) is 14.5 Å². The van der Waals surface area contributed by atoms with Crippen LogP contribution in [0.15, 0.2) is 58.7 Å². The number of morpholine rings is 2. The van der Waals surface area contributed by atoms with Gasteiger partial charge in [0.1, 0.15) is 33.8 Å². The van der Waals surface area contributed by atoms with Crippen LogP contribution in [0.5, 0.6) is 0 Å². The van der Waals surface area contributed by atoms with Crippen molar-refractivity contribution in [1.29, 1.82) is 10.5 Å². The molecule has 0 spiro atoms. The number of thioether (sulfide) groups is 2. The number of para-hydroxylation sites is 1. The number of hydrogen-bond donors (Lipinski definition) is 0. The molecular weight excluding hydrogens is 890 g/mol. The summed E-state index contributed by atoms with van der Waals surface area (Å²) in [5.41, 5.74) is 9.12. The van der Waals surface area contributed by atoms with Gasteiger partial charge in [0.05, 0.1) is 68.6 Å². The first-order chi connectivity index (χ1) is 32.0. The van der Waals surface area contributed by atoms with Gasteiger partial charge in [0.25, 0.3) is 0 Å². The highest BCUT2D eigenvalue weighted by atomic mass is 35.5. The van der Waals surface area contributed by atoms with Crippen LogP contribution in [0.1, 0.15) is 70.8 Å². The number of rotatable bonds is 15. The van der Waals surface area contributed by atoms with E-state index in [0.29, 0.717) is 81.7 Å². The molecule has 66 heavy (non-hydrogen) atoms. The smallest absolute Gasteiger partial charge is 0.135 e. The first-order valence-electron chi connectivity index (χ1n) is 23.0. The molecule has 2 fully saturated rings. The predicted molar refractivity (Wildman–Crippen MR) is 261 cm³/mol. The third-order valence-electron chi connectivity index (χ3n) is 13.1. The minimum Gasteiger partial charge on any atom is -0.383 e. The van der Waals surface area contributed by atoms with E-state index in [-0.39, 0.29) is 5.60 Å². The van der Waals surface area contributed by atoms with Crippen molar-refractivity contribution in [3.8, 4) is 12.1 Å². The van der Waals surface area contributed by atoms with E-state index in [1.54, 1.807) is 30.6 Å². The molecule has 0 radical (unpaired) electrons. The number of benzene rings is 2. The third kappa shape index (κ3) is 10.2. The van der Waals surface area contributed by atoms with E-state index in [2.05, 4.69) is 83.8 Å². The summed E-state index contributed by atoms with van der Waals surface area (Å²) in [5, 5.41) is 24.8. The largest absolute Gasteiger partial charge is 0.383 e. The van der Waals surface area contributed by atoms with Gasteiger partial charge < -0.3 is 38.1 Å². The van der Waals surface area contributed by atoms with Crippen LogP contribution in [0.25, 0.3) is 10.9 Å². The molecular formula is C51H58ClN7O5S2. The number of pyridine rings is 2. The number of halogens is 1. The molecule has 2 saturated heterocycles. The SMILES string of the molecule is COCCn1cc(CCSc2nc(N3CCOCC3)c3c(c2C#N)CC(C)(Cc2cc(Cl)cc(CCSc4nc(N5CCOCC5)c5c(c4C#N)CC(C)(C)OC5)c2)OC3)c2ccccc21. The van der Waals surface area contributed by atoms with E-state index in [0.717, 1.165) is 112 Å². The summed E-state index contributed by atoms with van der Waals surface area (Å²) in [5.74, 6) is 3.32. The van der Waals surface area contributed by atoms with E-state index in [1.807, 2.05) is 12.1 Å². The van der Waals surface area contributed by atoms with E-state index in [1.165, 1.54) is 16.5 Å². The lowest BCUT2D eigenvalue weighted by molar-refractivity contribution is -0.0537. The van der Waals surface area contributed by atoms with Gasteiger partial charge in [-0.3, -0.25) is 0 Å². The number of anilines is 2. The molecule has 15 heteroatoms. The first kappa shape index (κ1) is 46.7. The van der Waals surface area contributed by atoms with Gasteiger partial charge in [-0.2, -0.15) is 10.5 Å². The molecule has 0 amide bonds. The monoisotopic (exact) mass is 947 g/mol. The molecule has 5 aromatic rings. The fourth-order valence-electron chi connectivity index (χ4n) is 9.82. The molecule has 4 aliphatic rings. The van der Waals surface area contributed by atoms with Crippen LogP contribution in [0, 0.1) is 22.7 Å². The molecule has 4 aliphatic heterocycles. The summed E-state index contributed by atoms with van der Waals surface area (Å²) < 4.78 is 32.1. The third-order valence-corrected chi connectivity index (χ3v) is 15.3. The molecule has 1 unspecified atom stereocenters. The quantitative estimate of drug-likeness (QED) is 0.0929. The van der Waals surface area contributed by atoms with Crippen LogP contribution in [0.2, 0.25) is 5.02 Å². The summed E-state index contributed by atoms with van der Waals surface area (Å²) >= 11 is 10.2. The fourth-order valence-corrected chi connectivity index (χ4v) is 12.1. The number of aryl methyl sites for hydroxylation is 2. The van der Waals surface area contributed by atoms with Crippen molar-refractivity contribution in [2.75, 3.05) is 87.6 Å². The average molecular weight is 949 g/mol. The van der Waals surface area contributed by atoms with Crippen molar-refractivity contribution >= 4 is 57.7 Å². The molecule has 7 heterocycles. The summed E-state index contributed by atoms with van der Waals surface area (Å²) in [7, 11) is 1.73. The maximum atomic E-state index is 10.9. The highest BCUT2D eigenvalue weighted by molar-refractivity contribution is 7.99. The second-order valence-electron chi connectivity index (χ2n) is 18.4. The second kappa shape index (κ2) is 20.5. The van der Waals surface area contributed by atoms with Crippen LogP contribution in [0.3, 0.4) is 0 Å². The maximum absolute atomic E-state index is 10.9. The van der Waals surface area contributed by atoms with Crippen LogP contribution >= 0.6 is 35.1 Å². The number of ether oxygens (including phenoxy) is 5. The molecule has 346 valence electrons. The molecule has 0 aliphatic carbocycles. The van der Waals surface area contributed by atoms with Gasteiger partial charge in [-0.1, -0.05) is 35.9 Å². The zero-order valence-corrected chi connectivity index (χ0v) is 40.8. The lowest BCUT2D eigenvalue weighted by Crippen LogP contribution is -2.41. The average Bonchev–Trinajstić information content (AvgIpc) is 3.67. The maximum Gasteiger partial charge on any atom is 0.135 e. The Hall–Kier alpha value is -4.35. The highest BCUT2D eigenvalue weighted by Crippen LogP contribution is 2.42. The van der Waals surface area contributed by atoms with Crippen molar-refractivity contribution < 1.29 is 23.7 Å². The van der Waals surface area contributed by atoms with E-state index < -0.39 is 5.60 Å². The van der Waals surface area contributed by atoms with E-state index in [9.17, 15) is 10.5 Å². The number of nitrogens with zero attached hydrogens (tertiary/aromatic N) is 7. The van der Waals surface area contributed by atoms with Crippen molar-refractivity contribution in [2.24, 2.45) is 0 Å². The summed E-state index contributed by atoms with van der Waals surface area (Å²) in [6.45, 7) is 14.1. The number of aromatic nitrogens is 3. The van der Waals surface area contributed by atoms with Gasteiger partial charge in [-0.05, 0) is 79.6 Å². The number of methoxy groups -OCH3 is 1.